The van der Waals surface area contributed by atoms with Crippen molar-refractivity contribution in [2.24, 2.45) is 0 Å². The van der Waals surface area contributed by atoms with Crippen LogP contribution < -0.4 is 4.90 Å². The Labute approximate surface area is 225 Å². The number of imide groups is 1. The van der Waals surface area contributed by atoms with Crippen molar-refractivity contribution in [2.75, 3.05) is 4.90 Å². The van der Waals surface area contributed by atoms with Gasteiger partial charge in [0.2, 0.25) is 17.7 Å². The SMILES string of the molecule is O=C1CC(N(C(=O)Cc2ccc(Cl)cc2)C2CCCC2)C(=O)N1c1ccc(-c2nc3ccccc3o2)cc1. The Morgan fingerprint density at radius 1 is 0.974 bits per heavy atom. The van der Waals surface area contributed by atoms with Crippen LogP contribution >= 0.6 is 11.6 Å². The average molecular weight is 528 g/mol. The van der Waals surface area contributed by atoms with Gasteiger partial charge in [0.1, 0.15) is 11.6 Å². The number of para-hydroxylation sites is 2. The highest BCUT2D eigenvalue weighted by atomic mass is 35.5. The Morgan fingerprint density at radius 3 is 2.39 bits per heavy atom. The van der Waals surface area contributed by atoms with Crippen LogP contribution in [0.5, 0.6) is 0 Å². The molecule has 7 nitrogen and oxygen atoms in total. The zero-order valence-corrected chi connectivity index (χ0v) is 21.4. The summed E-state index contributed by atoms with van der Waals surface area (Å²) in [5.41, 5.74) is 3.49. The minimum atomic E-state index is -0.804. The van der Waals surface area contributed by atoms with Gasteiger partial charge in [-0.15, -0.1) is 0 Å². The highest BCUT2D eigenvalue weighted by Crippen LogP contribution is 2.33. The van der Waals surface area contributed by atoms with Gasteiger partial charge in [-0.05, 0) is 66.9 Å². The number of fused-ring (bicyclic) bond motifs is 1. The molecular weight excluding hydrogens is 502 g/mol. The number of rotatable bonds is 6. The van der Waals surface area contributed by atoms with Gasteiger partial charge in [0.05, 0.1) is 18.5 Å². The minimum absolute atomic E-state index is 0.0193. The number of hydrogen-bond acceptors (Lipinski definition) is 5. The van der Waals surface area contributed by atoms with Crippen LogP contribution in [0.1, 0.15) is 37.7 Å². The van der Waals surface area contributed by atoms with Gasteiger partial charge in [0.15, 0.2) is 5.58 Å². The topological polar surface area (TPSA) is 83.7 Å². The lowest BCUT2D eigenvalue weighted by Gasteiger charge is -2.33. The van der Waals surface area contributed by atoms with Crippen LogP contribution in [0.15, 0.2) is 77.2 Å². The van der Waals surface area contributed by atoms with Gasteiger partial charge in [0.25, 0.3) is 5.91 Å². The van der Waals surface area contributed by atoms with Gasteiger partial charge in [-0.25, -0.2) is 9.88 Å². The fourth-order valence-electron chi connectivity index (χ4n) is 5.54. The van der Waals surface area contributed by atoms with E-state index in [2.05, 4.69) is 4.98 Å². The first-order chi connectivity index (χ1) is 18.5. The van der Waals surface area contributed by atoms with Crippen LogP contribution in [0.25, 0.3) is 22.6 Å². The van der Waals surface area contributed by atoms with Crippen LogP contribution in [0, 0.1) is 0 Å². The zero-order chi connectivity index (χ0) is 26.2. The molecule has 0 spiro atoms. The standard InChI is InChI=1S/C30H26ClN3O4/c31-21-13-9-19(10-14-21)17-27(35)33(22-5-1-2-6-22)25-18-28(36)34(30(25)37)23-15-11-20(12-16-23)29-32-24-7-3-4-8-26(24)38-29/h3-4,7-16,22,25H,1-2,5-6,17-18H2. The maximum absolute atomic E-state index is 13.7. The number of carbonyl (C=O) groups excluding carboxylic acids is 3. The van der Waals surface area contributed by atoms with Crippen molar-refractivity contribution in [3.8, 4) is 11.5 Å². The van der Waals surface area contributed by atoms with Gasteiger partial charge in [-0.1, -0.05) is 48.7 Å². The van der Waals surface area contributed by atoms with Gasteiger partial charge < -0.3 is 9.32 Å². The van der Waals surface area contributed by atoms with Gasteiger partial charge in [-0.2, -0.15) is 0 Å². The summed E-state index contributed by atoms with van der Waals surface area (Å²) in [5, 5.41) is 0.600. The summed E-state index contributed by atoms with van der Waals surface area (Å²) in [6.07, 6.45) is 3.82. The first-order valence-corrected chi connectivity index (χ1v) is 13.2. The minimum Gasteiger partial charge on any atom is -0.436 e. The molecule has 0 bridgehead atoms. The Morgan fingerprint density at radius 2 is 1.68 bits per heavy atom. The summed E-state index contributed by atoms with van der Waals surface area (Å²) in [7, 11) is 0. The Bertz CT molecular complexity index is 1470. The lowest BCUT2D eigenvalue weighted by molar-refractivity contribution is -0.140. The molecule has 1 unspecified atom stereocenters. The number of benzene rings is 3. The fourth-order valence-corrected chi connectivity index (χ4v) is 5.66. The summed E-state index contributed by atoms with van der Waals surface area (Å²) in [5.74, 6) is -0.341. The number of aromatic nitrogens is 1. The number of amides is 3. The largest absolute Gasteiger partial charge is 0.436 e. The third-order valence-corrected chi connectivity index (χ3v) is 7.65. The molecule has 1 atom stereocenters. The molecular formula is C30H26ClN3O4. The molecule has 2 aliphatic rings. The normalized spacial score (nSPS) is 18.0. The molecule has 0 N–H and O–H groups in total. The Hall–Kier alpha value is -3.97. The predicted octanol–water partition coefficient (Wildman–Crippen LogP) is 5.79. The van der Waals surface area contributed by atoms with Crippen molar-refractivity contribution in [3.63, 3.8) is 0 Å². The summed E-state index contributed by atoms with van der Waals surface area (Å²) in [6, 6.07) is 20.8. The quantitative estimate of drug-likeness (QED) is 0.296. The second kappa shape index (κ2) is 10.1. The molecule has 2 fully saturated rings. The molecule has 2 heterocycles. The molecule has 6 rings (SSSR count). The summed E-state index contributed by atoms with van der Waals surface area (Å²) in [6.45, 7) is 0. The van der Waals surface area contributed by atoms with E-state index in [9.17, 15) is 14.4 Å². The van der Waals surface area contributed by atoms with E-state index < -0.39 is 6.04 Å². The van der Waals surface area contributed by atoms with Crippen molar-refractivity contribution in [1.82, 2.24) is 9.88 Å². The van der Waals surface area contributed by atoms with Crippen molar-refractivity contribution < 1.29 is 18.8 Å². The van der Waals surface area contributed by atoms with E-state index in [-0.39, 0.29) is 36.6 Å². The monoisotopic (exact) mass is 527 g/mol. The molecule has 0 radical (unpaired) electrons. The second-order valence-corrected chi connectivity index (χ2v) is 10.3. The molecule has 38 heavy (non-hydrogen) atoms. The molecule has 8 heteroatoms. The molecule has 192 valence electrons. The molecule has 1 saturated heterocycles. The van der Waals surface area contributed by atoms with E-state index in [1.165, 1.54) is 4.90 Å². The highest BCUT2D eigenvalue weighted by Gasteiger charge is 2.46. The van der Waals surface area contributed by atoms with Crippen LogP contribution in [0.2, 0.25) is 5.02 Å². The van der Waals surface area contributed by atoms with Crippen LogP contribution in [-0.4, -0.2) is 39.7 Å². The van der Waals surface area contributed by atoms with E-state index in [1.54, 1.807) is 41.3 Å². The van der Waals surface area contributed by atoms with Gasteiger partial charge in [-0.3, -0.25) is 14.4 Å². The first-order valence-electron chi connectivity index (χ1n) is 12.9. The number of carbonyl (C=O) groups is 3. The molecule has 3 aromatic carbocycles. The number of halogens is 1. The number of oxazole rings is 1. The Kier molecular flexibility index (Phi) is 6.45. The van der Waals surface area contributed by atoms with E-state index in [4.69, 9.17) is 16.0 Å². The number of nitrogens with zero attached hydrogens (tertiary/aromatic N) is 3. The van der Waals surface area contributed by atoms with Crippen LogP contribution in [-0.2, 0) is 20.8 Å². The summed E-state index contributed by atoms with van der Waals surface area (Å²) in [4.78, 5) is 47.7. The molecule has 3 amide bonds. The van der Waals surface area contributed by atoms with E-state index in [1.807, 2.05) is 36.4 Å². The zero-order valence-electron chi connectivity index (χ0n) is 20.7. The molecule has 1 aromatic heterocycles. The smallest absolute Gasteiger partial charge is 0.257 e. The lowest BCUT2D eigenvalue weighted by atomic mass is 10.1. The number of anilines is 1. The maximum atomic E-state index is 13.7. The number of hydrogen-bond donors (Lipinski definition) is 0. The lowest BCUT2D eigenvalue weighted by Crippen LogP contribution is -2.50. The average Bonchev–Trinajstić information content (AvgIpc) is 3.66. The third kappa shape index (κ3) is 4.58. The first kappa shape index (κ1) is 24.4. The van der Waals surface area contributed by atoms with Crippen LogP contribution in [0.3, 0.4) is 0 Å². The maximum Gasteiger partial charge on any atom is 0.257 e. The molecule has 1 saturated carbocycles. The highest BCUT2D eigenvalue weighted by molar-refractivity contribution is 6.30. The Balaban J connectivity index is 1.24. The van der Waals surface area contributed by atoms with Crippen LogP contribution in [0.4, 0.5) is 5.69 Å². The van der Waals surface area contributed by atoms with Crippen molar-refractivity contribution in [3.05, 3.63) is 83.4 Å². The predicted molar refractivity (Wildman–Crippen MR) is 145 cm³/mol. The van der Waals surface area contributed by atoms with Crippen molar-refractivity contribution in [2.45, 2.75) is 50.6 Å². The summed E-state index contributed by atoms with van der Waals surface area (Å²) < 4.78 is 5.84. The molecule has 4 aromatic rings. The summed E-state index contributed by atoms with van der Waals surface area (Å²) >= 11 is 6.00. The van der Waals surface area contributed by atoms with Crippen molar-refractivity contribution in [1.29, 1.82) is 0 Å². The van der Waals surface area contributed by atoms with Gasteiger partial charge >= 0.3 is 0 Å². The second-order valence-electron chi connectivity index (χ2n) is 9.86. The fraction of sp³-hybridized carbons (Fsp3) is 0.267. The van der Waals surface area contributed by atoms with E-state index in [0.29, 0.717) is 22.2 Å². The third-order valence-electron chi connectivity index (χ3n) is 7.40. The van der Waals surface area contributed by atoms with E-state index in [0.717, 1.165) is 42.3 Å². The molecule has 1 aliphatic heterocycles. The van der Waals surface area contributed by atoms with Gasteiger partial charge in [0, 0.05) is 16.6 Å². The molecule has 1 aliphatic carbocycles. The van der Waals surface area contributed by atoms with E-state index >= 15 is 0 Å². The van der Waals surface area contributed by atoms with Crippen molar-refractivity contribution >= 4 is 46.1 Å².